The monoisotopic (exact) mass is 764 g/mol. The van der Waals surface area contributed by atoms with Crippen molar-refractivity contribution in [2.75, 3.05) is 0 Å². The maximum atomic E-state index is 5.53. The summed E-state index contributed by atoms with van der Waals surface area (Å²) in [5, 5.41) is 7.60. The second-order valence-corrected chi connectivity index (χ2v) is 16.1. The Morgan fingerprint density at radius 1 is 0.350 bits per heavy atom. The van der Waals surface area contributed by atoms with Crippen LogP contribution in [-0.4, -0.2) is 19.1 Å². The molecule has 2 unspecified atom stereocenters. The Morgan fingerprint density at radius 2 is 0.883 bits per heavy atom. The Morgan fingerprint density at radius 3 is 1.55 bits per heavy atom. The molecule has 1 aliphatic carbocycles. The Hall–Kier alpha value is -7.82. The molecule has 0 radical (unpaired) electrons. The fourth-order valence-electron chi connectivity index (χ4n) is 10.5. The van der Waals surface area contributed by atoms with E-state index < -0.39 is 0 Å². The van der Waals surface area contributed by atoms with E-state index in [0.29, 0.717) is 0 Å². The summed E-state index contributed by atoms with van der Waals surface area (Å²) in [6.45, 7) is 0. The number of hydrogen-bond acceptors (Lipinski definition) is 2. The molecule has 0 amide bonds. The molecule has 2 atom stereocenters. The highest BCUT2D eigenvalue weighted by molar-refractivity contribution is 6.24. The van der Waals surface area contributed by atoms with Gasteiger partial charge in [0, 0.05) is 44.6 Å². The fraction of sp³-hybridized carbons (Fsp3) is 0.0357. The molecule has 0 spiro atoms. The molecule has 1 aliphatic rings. The van der Waals surface area contributed by atoms with Crippen LogP contribution in [0, 0.1) is 0 Å². The van der Waals surface area contributed by atoms with E-state index in [9.17, 15) is 0 Å². The van der Waals surface area contributed by atoms with E-state index in [0.717, 1.165) is 44.8 Å². The van der Waals surface area contributed by atoms with Crippen LogP contribution < -0.4 is 0 Å². The lowest BCUT2D eigenvalue weighted by Gasteiger charge is -2.29. The lowest BCUT2D eigenvalue weighted by atomic mass is 9.73. The molecule has 0 saturated carbocycles. The predicted molar refractivity (Wildman–Crippen MR) is 248 cm³/mol. The molecular weight excluding hydrogens is 729 g/mol. The van der Waals surface area contributed by atoms with Crippen LogP contribution in [0.5, 0.6) is 0 Å². The van der Waals surface area contributed by atoms with Gasteiger partial charge in [-0.2, -0.15) is 0 Å². The van der Waals surface area contributed by atoms with Crippen molar-refractivity contribution in [1.82, 2.24) is 19.1 Å². The normalized spacial score (nSPS) is 15.0. The highest BCUT2D eigenvalue weighted by Crippen LogP contribution is 2.53. The molecule has 4 heteroatoms. The molecule has 0 saturated heterocycles. The number of hydrogen-bond donors (Lipinski definition) is 0. The number of fused-ring (bicyclic) bond motifs is 4. The quantitative estimate of drug-likeness (QED) is 0.175. The lowest BCUT2D eigenvalue weighted by molar-refractivity contribution is 0.705. The molecule has 4 nitrogen and oxygen atoms in total. The highest BCUT2D eigenvalue weighted by atomic mass is 15.1. The van der Waals surface area contributed by atoms with E-state index in [2.05, 4.69) is 209 Å². The summed E-state index contributed by atoms with van der Waals surface area (Å²) in [5.41, 5.74) is 14.6. The second-order valence-electron chi connectivity index (χ2n) is 16.1. The first-order valence-electron chi connectivity index (χ1n) is 20.7. The fourth-order valence-corrected chi connectivity index (χ4v) is 10.5. The van der Waals surface area contributed by atoms with Gasteiger partial charge in [0.2, 0.25) is 0 Å². The van der Waals surface area contributed by atoms with Gasteiger partial charge in [0.15, 0.2) is 5.82 Å². The first kappa shape index (κ1) is 33.2. The Balaban J connectivity index is 1.10. The number of para-hydroxylation sites is 4. The van der Waals surface area contributed by atoms with Crippen LogP contribution in [0.25, 0.3) is 88.2 Å². The molecule has 0 aliphatic heterocycles. The van der Waals surface area contributed by atoms with E-state index in [1.165, 1.54) is 65.6 Å². The zero-order valence-corrected chi connectivity index (χ0v) is 32.6. The van der Waals surface area contributed by atoms with Gasteiger partial charge in [0.05, 0.1) is 33.1 Å². The minimum Gasteiger partial charge on any atom is -0.309 e. The largest absolute Gasteiger partial charge is 0.309 e. The molecule has 3 heterocycles. The summed E-state index contributed by atoms with van der Waals surface area (Å²) in [6, 6.07) is 75.0. The number of rotatable bonds is 5. The van der Waals surface area contributed by atoms with Crippen LogP contribution in [0.1, 0.15) is 34.1 Å². The Kier molecular flexibility index (Phi) is 7.10. The summed E-state index contributed by atoms with van der Waals surface area (Å²) in [7, 11) is 0. The van der Waals surface area contributed by atoms with Gasteiger partial charge < -0.3 is 4.57 Å². The zero-order valence-electron chi connectivity index (χ0n) is 32.6. The van der Waals surface area contributed by atoms with Gasteiger partial charge >= 0.3 is 0 Å². The molecule has 3 aromatic heterocycles. The van der Waals surface area contributed by atoms with Gasteiger partial charge in [-0.05, 0) is 81.6 Å². The molecule has 0 N–H and O–H groups in total. The average molecular weight is 765 g/mol. The van der Waals surface area contributed by atoms with E-state index in [4.69, 9.17) is 9.97 Å². The lowest BCUT2D eigenvalue weighted by Crippen LogP contribution is -2.14. The highest BCUT2D eigenvalue weighted by Gasteiger charge is 2.35. The second kappa shape index (κ2) is 12.8. The number of benzene rings is 9. The summed E-state index contributed by atoms with van der Waals surface area (Å²) >= 11 is 0. The maximum Gasteiger partial charge on any atom is 0.165 e. The van der Waals surface area contributed by atoms with Crippen molar-refractivity contribution in [1.29, 1.82) is 0 Å². The van der Waals surface area contributed by atoms with Crippen LogP contribution in [0.15, 0.2) is 206 Å². The van der Waals surface area contributed by atoms with E-state index >= 15 is 0 Å². The van der Waals surface area contributed by atoms with Crippen LogP contribution in [0.3, 0.4) is 0 Å². The summed E-state index contributed by atoms with van der Waals surface area (Å²) in [5.74, 6) is 1.01. The number of aromatic nitrogens is 4. The Bertz CT molecular complexity index is 3600. The van der Waals surface area contributed by atoms with Crippen LogP contribution in [0.4, 0.5) is 0 Å². The van der Waals surface area contributed by atoms with Crippen LogP contribution >= 0.6 is 0 Å². The van der Waals surface area contributed by atoms with Crippen molar-refractivity contribution in [2.45, 2.75) is 11.8 Å². The van der Waals surface area contributed by atoms with Gasteiger partial charge in [-0.3, -0.25) is 4.57 Å². The van der Waals surface area contributed by atoms with Crippen LogP contribution in [-0.2, 0) is 0 Å². The van der Waals surface area contributed by atoms with Gasteiger partial charge in [-0.1, -0.05) is 158 Å². The first-order chi connectivity index (χ1) is 29.8. The average Bonchev–Trinajstić information content (AvgIpc) is 3.79. The van der Waals surface area contributed by atoms with E-state index in [-0.39, 0.29) is 11.8 Å². The van der Waals surface area contributed by atoms with Crippen molar-refractivity contribution in [3.63, 3.8) is 0 Å². The minimum atomic E-state index is 0.0740. The predicted octanol–water partition coefficient (Wildman–Crippen LogP) is 13.9. The van der Waals surface area contributed by atoms with Crippen molar-refractivity contribution in [2.24, 2.45) is 0 Å². The Labute approximate surface area is 346 Å². The van der Waals surface area contributed by atoms with E-state index in [1.54, 1.807) is 0 Å². The maximum absolute atomic E-state index is 5.53. The third kappa shape index (κ3) is 4.73. The molecule has 13 rings (SSSR count). The van der Waals surface area contributed by atoms with Gasteiger partial charge in [0.1, 0.15) is 5.69 Å². The molecule has 280 valence electrons. The summed E-state index contributed by atoms with van der Waals surface area (Å²) in [6.07, 6.45) is 0. The molecular formula is C56H36N4. The third-order valence-electron chi connectivity index (χ3n) is 12.9. The third-order valence-corrected chi connectivity index (χ3v) is 12.9. The topological polar surface area (TPSA) is 35.6 Å². The molecule has 0 fully saturated rings. The van der Waals surface area contributed by atoms with E-state index in [1.807, 2.05) is 6.07 Å². The van der Waals surface area contributed by atoms with Crippen molar-refractivity contribution < 1.29 is 0 Å². The standard InChI is InChI=1S/C56H36N4/c1-3-15-35(16-4-1)50-42-22-13-19-37-31-34-49-54(52(37)42)53-43(51(50)36-17-5-2-6-18-36)23-14-28-48(53)60(49)56-55(57-44-24-9-10-25-45(44)58-56)38-29-32-39(33-30-38)59-46-26-11-7-20-40(46)41-21-8-12-27-47(41)59/h1-34,50-51H. The van der Waals surface area contributed by atoms with Crippen molar-refractivity contribution >= 4 is 65.4 Å². The molecule has 60 heavy (non-hydrogen) atoms. The summed E-state index contributed by atoms with van der Waals surface area (Å²) in [4.78, 5) is 11.0. The van der Waals surface area contributed by atoms with Gasteiger partial charge in [0.25, 0.3) is 0 Å². The van der Waals surface area contributed by atoms with Gasteiger partial charge in [-0.15, -0.1) is 0 Å². The summed E-state index contributed by atoms with van der Waals surface area (Å²) < 4.78 is 4.76. The van der Waals surface area contributed by atoms with Crippen LogP contribution in [0.2, 0.25) is 0 Å². The SMILES string of the molecule is c1ccc(C2c3cccc4ccc5c(c34)c3c(cccc3n5-c3nc4ccccc4nc3-c3ccc(-n4c5ccccc5c5ccccc54)cc3)C2c2ccccc2)cc1. The van der Waals surface area contributed by atoms with Crippen molar-refractivity contribution in [3.05, 3.63) is 229 Å². The molecule has 9 aromatic carbocycles. The minimum absolute atomic E-state index is 0.0740. The van der Waals surface area contributed by atoms with Crippen molar-refractivity contribution in [3.8, 4) is 22.8 Å². The molecule has 0 bridgehead atoms. The molecule has 12 aromatic rings. The van der Waals surface area contributed by atoms with Gasteiger partial charge in [-0.25, -0.2) is 9.97 Å². The zero-order chi connectivity index (χ0) is 39.3. The smallest absolute Gasteiger partial charge is 0.165 e. The number of nitrogens with zero attached hydrogens (tertiary/aromatic N) is 4. The first-order valence-corrected chi connectivity index (χ1v) is 20.7.